The van der Waals surface area contributed by atoms with Gasteiger partial charge in [0, 0.05) is 13.7 Å². The van der Waals surface area contributed by atoms with E-state index in [9.17, 15) is 0 Å². The highest BCUT2D eigenvalue weighted by atomic mass is 79.9. The lowest BCUT2D eigenvalue weighted by Gasteiger charge is -2.20. The number of hydrogen-bond acceptors (Lipinski definition) is 4. The summed E-state index contributed by atoms with van der Waals surface area (Å²) in [4.78, 5) is 0. The van der Waals surface area contributed by atoms with Crippen molar-refractivity contribution in [3.05, 3.63) is 33.8 Å². The Labute approximate surface area is 133 Å². The number of aromatic nitrogens is 4. The molecule has 116 valence electrons. The summed E-state index contributed by atoms with van der Waals surface area (Å²) < 4.78 is 10.1. The molecular weight excluding hydrogens is 334 g/mol. The maximum atomic E-state index is 5.16. The first kappa shape index (κ1) is 16.2. The number of rotatable bonds is 7. The van der Waals surface area contributed by atoms with Gasteiger partial charge in [-0.15, -0.1) is 0 Å². The summed E-state index contributed by atoms with van der Waals surface area (Å²) in [5.41, 5.74) is 3.24. The molecule has 7 heteroatoms. The quantitative estimate of drug-likeness (QED) is 0.826. The molecule has 0 aliphatic heterocycles. The number of methoxy groups -OCH3 is 1. The molecule has 0 radical (unpaired) electrons. The van der Waals surface area contributed by atoms with E-state index in [-0.39, 0.29) is 6.04 Å². The van der Waals surface area contributed by atoms with E-state index < -0.39 is 0 Å². The fourth-order valence-electron chi connectivity index (χ4n) is 2.49. The Kier molecular flexibility index (Phi) is 5.55. The molecule has 2 rings (SSSR count). The third-order valence-corrected chi connectivity index (χ3v) is 4.04. The highest BCUT2D eigenvalue weighted by Gasteiger charge is 2.24. The van der Waals surface area contributed by atoms with Crippen molar-refractivity contribution in [2.45, 2.75) is 33.0 Å². The van der Waals surface area contributed by atoms with Crippen LogP contribution < -0.4 is 5.32 Å². The Morgan fingerprint density at radius 1 is 1.43 bits per heavy atom. The summed E-state index contributed by atoms with van der Waals surface area (Å²) in [6, 6.07) is 2.14. The van der Waals surface area contributed by atoms with Gasteiger partial charge in [0.1, 0.15) is 0 Å². The molecule has 2 aromatic heterocycles. The van der Waals surface area contributed by atoms with E-state index in [4.69, 9.17) is 4.74 Å². The summed E-state index contributed by atoms with van der Waals surface area (Å²) in [6.07, 6.45) is 1.83. The lowest BCUT2D eigenvalue weighted by atomic mass is 10.1. The third-order valence-electron chi connectivity index (χ3n) is 3.43. The van der Waals surface area contributed by atoms with Crippen LogP contribution in [0.4, 0.5) is 0 Å². The molecule has 0 aromatic carbocycles. The number of nitrogens with one attached hydrogen (secondary N) is 1. The van der Waals surface area contributed by atoms with Gasteiger partial charge in [0.25, 0.3) is 0 Å². The van der Waals surface area contributed by atoms with Gasteiger partial charge in [-0.3, -0.25) is 9.36 Å². The summed E-state index contributed by atoms with van der Waals surface area (Å²) in [6.45, 7) is 6.29. The maximum absolute atomic E-state index is 5.16. The van der Waals surface area contributed by atoms with Gasteiger partial charge in [-0.05, 0) is 42.9 Å². The molecule has 2 heterocycles. The van der Waals surface area contributed by atoms with Crippen molar-refractivity contribution in [2.75, 3.05) is 20.8 Å². The predicted octanol–water partition coefficient (Wildman–Crippen LogP) is 2.13. The molecule has 0 fully saturated rings. The van der Waals surface area contributed by atoms with Crippen molar-refractivity contribution >= 4 is 15.9 Å². The molecule has 2 aromatic rings. The normalized spacial score (nSPS) is 12.8. The minimum atomic E-state index is 0.0277. The van der Waals surface area contributed by atoms with Crippen LogP contribution in [0.2, 0.25) is 0 Å². The van der Waals surface area contributed by atoms with E-state index in [1.807, 2.05) is 29.5 Å². The number of ether oxygens (including phenoxy) is 1. The van der Waals surface area contributed by atoms with Gasteiger partial charge in [0.05, 0.1) is 46.9 Å². The first-order valence-electron chi connectivity index (χ1n) is 7.04. The lowest BCUT2D eigenvalue weighted by molar-refractivity contribution is 0.182. The molecule has 1 N–H and O–H groups in total. The minimum Gasteiger partial charge on any atom is -0.383 e. The van der Waals surface area contributed by atoms with Crippen LogP contribution in [0.15, 0.2) is 16.7 Å². The van der Waals surface area contributed by atoms with Crippen LogP contribution >= 0.6 is 15.9 Å². The van der Waals surface area contributed by atoms with Gasteiger partial charge >= 0.3 is 0 Å². The van der Waals surface area contributed by atoms with E-state index in [0.717, 1.165) is 34.6 Å². The molecule has 6 nitrogen and oxygen atoms in total. The Morgan fingerprint density at radius 3 is 2.81 bits per heavy atom. The van der Waals surface area contributed by atoms with Crippen LogP contribution in [0.5, 0.6) is 0 Å². The summed E-state index contributed by atoms with van der Waals surface area (Å²) >= 11 is 3.61. The number of nitrogens with zero attached hydrogens (tertiary/aromatic N) is 4. The topological polar surface area (TPSA) is 56.9 Å². The molecule has 0 bridgehead atoms. The van der Waals surface area contributed by atoms with Gasteiger partial charge in [0.2, 0.25) is 0 Å². The van der Waals surface area contributed by atoms with Crippen LogP contribution in [0, 0.1) is 6.92 Å². The first-order chi connectivity index (χ1) is 10.1. The zero-order valence-corrected chi connectivity index (χ0v) is 14.5. The summed E-state index contributed by atoms with van der Waals surface area (Å²) in [7, 11) is 3.65. The number of hydrogen-bond donors (Lipinski definition) is 1. The van der Waals surface area contributed by atoms with Crippen LogP contribution in [0.25, 0.3) is 0 Å². The second-order valence-electron chi connectivity index (χ2n) is 4.84. The number of aryl methyl sites for hydroxylation is 2. The van der Waals surface area contributed by atoms with Crippen LogP contribution in [-0.4, -0.2) is 40.3 Å². The monoisotopic (exact) mass is 355 g/mol. The maximum Gasteiger partial charge on any atom is 0.0928 e. The van der Waals surface area contributed by atoms with Gasteiger partial charge in [-0.1, -0.05) is 0 Å². The van der Waals surface area contributed by atoms with E-state index in [2.05, 4.69) is 44.4 Å². The third kappa shape index (κ3) is 3.36. The average molecular weight is 356 g/mol. The van der Waals surface area contributed by atoms with E-state index in [1.165, 1.54) is 0 Å². The predicted molar refractivity (Wildman–Crippen MR) is 85.3 cm³/mol. The fraction of sp³-hybridized carbons (Fsp3) is 0.571. The van der Waals surface area contributed by atoms with E-state index in [0.29, 0.717) is 6.61 Å². The Hall–Kier alpha value is -1.18. The van der Waals surface area contributed by atoms with Crippen molar-refractivity contribution in [1.29, 1.82) is 0 Å². The van der Waals surface area contributed by atoms with Crippen molar-refractivity contribution in [1.82, 2.24) is 24.9 Å². The highest BCUT2D eigenvalue weighted by molar-refractivity contribution is 9.10. The summed E-state index contributed by atoms with van der Waals surface area (Å²) in [5.74, 6) is 0. The first-order valence-corrected chi connectivity index (χ1v) is 7.83. The molecule has 21 heavy (non-hydrogen) atoms. The second-order valence-corrected chi connectivity index (χ2v) is 5.70. The largest absolute Gasteiger partial charge is 0.383 e. The fourth-order valence-corrected chi connectivity index (χ4v) is 3.02. The molecular formula is C14H22BrN5O. The molecule has 0 aliphatic rings. The van der Waals surface area contributed by atoms with Gasteiger partial charge in [-0.25, -0.2) is 0 Å². The van der Waals surface area contributed by atoms with Crippen molar-refractivity contribution in [3.63, 3.8) is 0 Å². The number of halogens is 1. The Bertz CT molecular complexity index is 592. The second kappa shape index (κ2) is 7.20. The molecule has 0 saturated heterocycles. The molecule has 0 aliphatic carbocycles. The van der Waals surface area contributed by atoms with Gasteiger partial charge < -0.3 is 10.1 Å². The highest BCUT2D eigenvalue weighted by Crippen LogP contribution is 2.29. The van der Waals surface area contributed by atoms with Crippen molar-refractivity contribution in [3.8, 4) is 0 Å². The van der Waals surface area contributed by atoms with E-state index >= 15 is 0 Å². The smallest absolute Gasteiger partial charge is 0.0928 e. The van der Waals surface area contributed by atoms with Crippen molar-refractivity contribution < 1.29 is 4.74 Å². The average Bonchev–Trinajstić information content (AvgIpc) is 3.02. The Morgan fingerprint density at radius 2 is 2.19 bits per heavy atom. The molecule has 0 spiro atoms. The SMILES string of the molecule is CCn1nc(C)cc1C(NC)c1c(Br)cnn1CCOC. The minimum absolute atomic E-state index is 0.0277. The van der Waals surface area contributed by atoms with E-state index in [1.54, 1.807) is 7.11 Å². The molecule has 0 amide bonds. The summed E-state index contributed by atoms with van der Waals surface area (Å²) in [5, 5.41) is 12.3. The van der Waals surface area contributed by atoms with Crippen LogP contribution in [0.3, 0.4) is 0 Å². The molecule has 1 unspecified atom stereocenters. The standard InChI is InChI=1S/C14H22BrN5O/c1-5-19-12(8-10(2)18-19)13(16-3)14-11(15)9-17-20(14)6-7-21-4/h8-9,13,16H,5-7H2,1-4H3. The zero-order valence-electron chi connectivity index (χ0n) is 12.9. The van der Waals surface area contributed by atoms with Crippen LogP contribution in [-0.2, 0) is 17.8 Å². The zero-order chi connectivity index (χ0) is 15.4. The Balaban J connectivity index is 2.43. The molecule has 0 saturated carbocycles. The molecule has 1 atom stereocenters. The lowest BCUT2D eigenvalue weighted by Crippen LogP contribution is -2.25. The van der Waals surface area contributed by atoms with Crippen molar-refractivity contribution in [2.24, 2.45) is 0 Å². The van der Waals surface area contributed by atoms with Gasteiger partial charge in [-0.2, -0.15) is 10.2 Å². The van der Waals surface area contributed by atoms with Crippen LogP contribution in [0.1, 0.15) is 30.0 Å². The van der Waals surface area contributed by atoms with Gasteiger partial charge in [0.15, 0.2) is 0 Å².